The Kier molecular flexibility index (Phi) is 4.32. The Bertz CT molecular complexity index is 536. The minimum Gasteiger partial charge on any atom is -0.491 e. The Morgan fingerprint density at radius 2 is 2.24 bits per heavy atom. The van der Waals surface area contributed by atoms with Crippen molar-refractivity contribution in [2.45, 2.75) is 39.3 Å². The maximum Gasteiger partial charge on any atom is 0.123 e. The number of fused-ring (bicyclic) bond motifs is 1. The first kappa shape index (κ1) is 14.6. The topological polar surface area (TPSA) is 21.7 Å². The molecule has 0 bridgehead atoms. The molecule has 3 rings (SSSR count). The molecule has 0 amide bonds. The Hall–Kier alpha value is -1.32. The van der Waals surface area contributed by atoms with E-state index in [4.69, 9.17) is 9.47 Å². The molecular formula is C18H25NO2. The van der Waals surface area contributed by atoms with Crippen molar-refractivity contribution in [3.05, 3.63) is 35.4 Å². The summed E-state index contributed by atoms with van der Waals surface area (Å²) >= 11 is 0. The summed E-state index contributed by atoms with van der Waals surface area (Å²) in [5.41, 5.74) is 4.02. The predicted molar refractivity (Wildman–Crippen MR) is 85.7 cm³/mol. The molecule has 0 saturated carbocycles. The number of ether oxygens (including phenoxy) is 2. The van der Waals surface area contributed by atoms with Crippen molar-refractivity contribution in [1.82, 2.24) is 4.90 Å². The maximum absolute atomic E-state index is 6.08. The molecule has 0 spiro atoms. The predicted octanol–water partition coefficient (Wildman–Crippen LogP) is 3.13. The highest BCUT2D eigenvalue weighted by molar-refractivity contribution is 5.73. The molecule has 1 atom stereocenters. The summed E-state index contributed by atoms with van der Waals surface area (Å²) in [5, 5.41) is 0. The van der Waals surface area contributed by atoms with Gasteiger partial charge in [0.05, 0.1) is 6.61 Å². The van der Waals surface area contributed by atoms with Crippen LogP contribution in [0.25, 0.3) is 5.57 Å². The van der Waals surface area contributed by atoms with Gasteiger partial charge in [-0.3, -0.25) is 4.90 Å². The molecule has 1 saturated heterocycles. The molecule has 2 aliphatic rings. The van der Waals surface area contributed by atoms with Crippen molar-refractivity contribution in [2.75, 3.05) is 26.3 Å². The van der Waals surface area contributed by atoms with E-state index in [1.54, 1.807) is 0 Å². The van der Waals surface area contributed by atoms with Crippen LogP contribution in [0, 0.1) is 0 Å². The lowest BCUT2D eigenvalue weighted by atomic mass is 10.1. The van der Waals surface area contributed by atoms with E-state index in [9.17, 15) is 0 Å². The van der Waals surface area contributed by atoms with E-state index in [0.717, 1.165) is 31.9 Å². The molecule has 1 aliphatic heterocycles. The van der Waals surface area contributed by atoms with E-state index >= 15 is 0 Å². The normalized spacial score (nSPS) is 22.3. The third-order valence-electron chi connectivity index (χ3n) is 4.50. The van der Waals surface area contributed by atoms with Crippen LogP contribution in [0.5, 0.6) is 5.75 Å². The molecular weight excluding hydrogens is 262 g/mol. The van der Waals surface area contributed by atoms with Gasteiger partial charge in [0.25, 0.3) is 0 Å². The van der Waals surface area contributed by atoms with Crippen molar-refractivity contribution in [1.29, 1.82) is 0 Å². The molecule has 1 unspecified atom stereocenters. The second kappa shape index (κ2) is 6.20. The lowest BCUT2D eigenvalue weighted by Crippen LogP contribution is -2.47. The van der Waals surface area contributed by atoms with Crippen LogP contribution in [0.2, 0.25) is 0 Å². The van der Waals surface area contributed by atoms with Gasteiger partial charge in [0, 0.05) is 24.7 Å². The fraction of sp³-hybridized carbons (Fsp3) is 0.556. The van der Waals surface area contributed by atoms with Gasteiger partial charge in [0.15, 0.2) is 0 Å². The molecule has 1 heterocycles. The van der Waals surface area contributed by atoms with E-state index in [-0.39, 0.29) is 6.10 Å². The molecule has 21 heavy (non-hydrogen) atoms. The molecule has 3 heteroatoms. The first-order valence-corrected chi connectivity index (χ1v) is 7.92. The number of rotatable bonds is 4. The van der Waals surface area contributed by atoms with E-state index in [1.807, 2.05) is 0 Å². The maximum atomic E-state index is 6.08. The van der Waals surface area contributed by atoms with Gasteiger partial charge < -0.3 is 9.47 Å². The van der Waals surface area contributed by atoms with Crippen LogP contribution in [0.15, 0.2) is 24.3 Å². The lowest BCUT2D eigenvalue weighted by molar-refractivity contribution is -0.0565. The fourth-order valence-electron chi connectivity index (χ4n) is 3.14. The van der Waals surface area contributed by atoms with Crippen molar-refractivity contribution >= 4 is 5.57 Å². The number of benzene rings is 1. The van der Waals surface area contributed by atoms with E-state index < -0.39 is 0 Å². The molecule has 0 N–H and O–H groups in total. The second-order valence-corrected chi connectivity index (χ2v) is 6.27. The van der Waals surface area contributed by atoms with E-state index in [1.165, 1.54) is 16.7 Å². The average molecular weight is 287 g/mol. The lowest BCUT2D eigenvalue weighted by Gasteiger charge is -2.35. The minimum atomic E-state index is 0.174. The van der Waals surface area contributed by atoms with Crippen LogP contribution in [0.4, 0.5) is 0 Å². The van der Waals surface area contributed by atoms with Gasteiger partial charge in [-0.05, 0) is 44.4 Å². The Morgan fingerprint density at radius 1 is 1.38 bits per heavy atom. The zero-order valence-electron chi connectivity index (χ0n) is 13.3. The van der Waals surface area contributed by atoms with Gasteiger partial charge in [-0.15, -0.1) is 0 Å². The summed E-state index contributed by atoms with van der Waals surface area (Å²) < 4.78 is 11.9. The minimum absolute atomic E-state index is 0.174. The molecule has 1 fully saturated rings. The first-order valence-electron chi connectivity index (χ1n) is 7.92. The summed E-state index contributed by atoms with van der Waals surface area (Å²) in [4.78, 5) is 2.46. The van der Waals surface area contributed by atoms with Gasteiger partial charge >= 0.3 is 0 Å². The van der Waals surface area contributed by atoms with Crippen molar-refractivity contribution in [3.8, 4) is 5.75 Å². The number of allylic oxidation sites excluding steroid dienone is 2. The van der Waals surface area contributed by atoms with Crippen molar-refractivity contribution in [2.24, 2.45) is 0 Å². The first-order chi connectivity index (χ1) is 10.1. The highest BCUT2D eigenvalue weighted by atomic mass is 16.5. The zero-order valence-corrected chi connectivity index (χ0v) is 13.3. The van der Waals surface area contributed by atoms with Gasteiger partial charge in [0.1, 0.15) is 18.5 Å². The third-order valence-corrected chi connectivity index (χ3v) is 4.50. The molecule has 1 aromatic carbocycles. The standard InChI is InChI=1S/C18H25NO2/c1-13(2)19-9-10-20-15(11-19)12-21-18-6-4-5-16-14(3)7-8-17(16)18/h4-7,13,15H,8-12H2,1-3H3. The van der Waals surface area contributed by atoms with Crippen molar-refractivity contribution < 1.29 is 9.47 Å². The van der Waals surface area contributed by atoms with Crippen LogP contribution in [-0.4, -0.2) is 43.3 Å². The van der Waals surface area contributed by atoms with Gasteiger partial charge in [-0.1, -0.05) is 18.2 Å². The van der Waals surface area contributed by atoms with Crippen LogP contribution >= 0.6 is 0 Å². The van der Waals surface area contributed by atoms with E-state index in [2.05, 4.69) is 49.9 Å². The molecule has 114 valence electrons. The number of nitrogens with zero attached hydrogens (tertiary/aromatic N) is 1. The Balaban J connectivity index is 1.61. The summed E-state index contributed by atoms with van der Waals surface area (Å²) in [7, 11) is 0. The van der Waals surface area contributed by atoms with Gasteiger partial charge in [-0.25, -0.2) is 0 Å². The quantitative estimate of drug-likeness (QED) is 0.849. The molecule has 3 nitrogen and oxygen atoms in total. The van der Waals surface area contributed by atoms with Crippen LogP contribution < -0.4 is 4.74 Å². The largest absolute Gasteiger partial charge is 0.491 e. The molecule has 1 aromatic rings. The van der Waals surface area contributed by atoms with E-state index in [0.29, 0.717) is 12.6 Å². The number of hydrogen-bond donors (Lipinski definition) is 0. The van der Waals surface area contributed by atoms with Gasteiger partial charge in [-0.2, -0.15) is 0 Å². The fourth-order valence-corrected chi connectivity index (χ4v) is 3.14. The second-order valence-electron chi connectivity index (χ2n) is 6.27. The smallest absolute Gasteiger partial charge is 0.123 e. The van der Waals surface area contributed by atoms with Crippen LogP contribution in [0.1, 0.15) is 31.9 Å². The monoisotopic (exact) mass is 287 g/mol. The average Bonchev–Trinajstić information content (AvgIpc) is 2.88. The van der Waals surface area contributed by atoms with Crippen LogP contribution in [-0.2, 0) is 11.2 Å². The molecule has 1 aliphatic carbocycles. The SMILES string of the molecule is CC1=CCc2c(OCC3CN(C(C)C)CCO3)cccc21. The summed E-state index contributed by atoms with van der Waals surface area (Å²) in [6.07, 6.45) is 3.43. The van der Waals surface area contributed by atoms with Crippen LogP contribution in [0.3, 0.4) is 0 Å². The van der Waals surface area contributed by atoms with Crippen molar-refractivity contribution in [3.63, 3.8) is 0 Å². The zero-order chi connectivity index (χ0) is 14.8. The summed E-state index contributed by atoms with van der Waals surface area (Å²) in [6.45, 7) is 10.1. The van der Waals surface area contributed by atoms with Gasteiger partial charge in [0.2, 0.25) is 0 Å². The number of hydrogen-bond acceptors (Lipinski definition) is 3. The summed E-state index contributed by atoms with van der Waals surface area (Å²) in [6, 6.07) is 6.91. The third kappa shape index (κ3) is 3.14. The molecule has 0 aromatic heterocycles. The highest BCUT2D eigenvalue weighted by Crippen LogP contribution is 2.33. The Morgan fingerprint density at radius 3 is 3.05 bits per heavy atom. The summed E-state index contributed by atoms with van der Waals surface area (Å²) in [5.74, 6) is 1.02. The Labute approximate surface area is 127 Å². The number of morpholine rings is 1. The molecule has 0 radical (unpaired) electrons. The highest BCUT2D eigenvalue weighted by Gasteiger charge is 2.23.